The number of esters is 1. The third-order valence-electron chi connectivity index (χ3n) is 6.50. The molecule has 5 rings (SSSR count). The molecule has 196 valence electrons. The average molecular weight is 520 g/mol. The summed E-state index contributed by atoms with van der Waals surface area (Å²) in [5.41, 5.74) is 0.844. The third kappa shape index (κ3) is 4.00. The second-order valence-electron chi connectivity index (χ2n) is 8.55. The molecular formula is C28H24O10. The number of phenols is 2. The summed E-state index contributed by atoms with van der Waals surface area (Å²) in [6.07, 6.45) is -0.101. The summed E-state index contributed by atoms with van der Waals surface area (Å²) >= 11 is 0. The smallest absolute Gasteiger partial charge is 0.312 e. The molecule has 2 heterocycles. The lowest BCUT2D eigenvalue weighted by Gasteiger charge is -2.27. The van der Waals surface area contributed by atoms with Gasteiger partial charge in [0.05, 0.1) is 34.9 Å². The summed E-state index contributed by atoms with van der Waals surface area (Å²) in [5, 5.41) is 20.9. The van der Waals surface area contributed by atoms with E-state index in [4.69, 9.17) is 28.1 Å². The number of fused-ring (bicyclic) bond motifs is 3. The van der Waals surface area contributed by atoms with Crippen LogP contribution in [0, 0.1) is 0 Å². The van der Waals surface area contributed by atoms with Crippen molar-refractivity contribution in [1.29, 1.82) is 0 Å². The zero-order valence-corrected chi connectivity index (χ0v) is 21.0. The highest BCUT2D eigenvalue weighted by molar-refractivity contribution is 5.93. The number of rotatable bonds is 6. The third-order valence-corrected chi connectivity index (χ3v) is 6.50. The first kappa shape index (κ1) is 24.8. The lowest BCUT2D eigenvalue weighted by atomic mass is 9.84. The molecule has 10 heteroatoms. The number of benzene rings is 3. The summed E-state index contributed by atoms with van der Waals surface area (Å²) < 4.78 is 33.2. The van der Waals surface area contributed by atoms with Crippen LogP contribution in [0.1, 0.15) is 23.5 Å². The van der Waals surface area contributed by atoms with Crippen molar-refractivity contribution in [3.8, 4) is 51.6 Å². The van der Waals surface area contributed by atoms with E-state index in [1.165, 1.54) is 52.7 Å². The molecule has 0 radical (unpaired) electrons. The van der Waals surface area contributed by atoms with Gasteiger partial charge >= 0.3 is 5.97 Å². The van der Waals surface area contributed by atoms with Crippen LogP contribution in [0.2, 0.25) is 0 Å². The highest BCUT2D eigenvalue weighted by atomic mass is 16.5. The van der Waals surface area contributed by atoms with E-state index in [0.29, 0.717) is 33.9 Å². The van der Waals surface area contributed by atoms with Gasteiger partial charge in [-0.3, -0.25) is 9.59 Å². The Morgan fingerprint density at radius 3 is 2.13 bits per heavy atom. The van der Waals surface area contributed by atoms with Gasteiger partial charge in [-0.25, -0.2) is 0 Å². The van der Waals surface area contributed by atoms with Crippen molar-refractivity contribution in [1.82, 2.24) is 0 Å². The van der Waals surface area contributed by atoms with Crippen LogP contribution in [0.15, 0.2) is 51.7 Å². The number of hydrogen-bond acceptors (Lipinski definition) is 10. The molecule has 0 amide bonds. The molecule has 0 saturated carbocycles. The van der Waals surface area contributed by atoms with Crippen LogP contribution in [-0.4, -0.2) is 44.6 Å². The van der Waals surface area contributed by atoms with Gasteiger partial charge in [-0.1, -0.05) is 0 Å². The molecule has 1 aliphatic rings. The van der Waals surface area contributed by atoms with E-state index < -0.39 is 23.1 Å². The maximum Gasteiger partial charge on any atom is 0.312 e. The molecule has 0 saturated heterocycles. The van der Waals surface area contributed by atoms with Crippen LogP contribution in [0.3, 0.4) is 0 Å². The van der Waals surface area contributed by atoms with Gasteiger partial charge in [0.1, 0.15) is 34.0 Å². The molecule has 0 spiro atoms. The van der Waals surface area contributed by atoms with Gasteiger partial charge in [-0.15, -0.1) is 0 Å². The minimum Gasteiger partial charge on any atom is -0.507 e. The predicted molar refractivity (Wildman–Crippen MR) is 136 cm³/mol. The average Bonchev–Trinajstić information content (AvgIpc) is 2.91. The Labute approximate surface area is 216 Å². The van der Waals surface area contributed by atoms with Gasteiger partial charge in [-0.2, -0.15) is 0 Å². The summed E-state index contributed by atoms with van der Waals surface area (Å²) in [5.74, 6) is -0.111. The van der Waals surface area contributed by atoms with Gasteiger partial charge in [0.25, 0.3) is 0 Å². The van der Waals surface area contributed by atoms with Gasteiger partial charge in [0.15, 0.2) is 28.4 Å². The van der Waals surface area contributed by atoms with Crippen molar-refractivity contribution in [2.75, 3.05) is 28.4 Å². The number of hydrogen-bond donors (Lipinski definition) is 2. The van der Waals surface area contributed by atoms with E-state index in [2.05, 4.69) is 0 Å². The molecule has 0 unspecified atom stereocenters. The highest BCUT2D eigenvalue weighted by Crippen LogP contribution is 2.49. The maximum absolute atomic E-state index is 13.2. The molecule has 0 bridgehead atoms. The van der Waals surface area contributed by atoms with Crippen LogP contribution < -0.4 is 29.1 Å². The Balaban J connectivity index is 1.81. The Morgan fingerprint density at radius 1 is 0.789 bits per heavy atom. The second-order valence-corrected chi connectivity index (χ2v) is 8.55. The monoisotopic (exact) mass is 520 g/mol. The van der Waals surface area contributed by atoms with E-state index in [0.717, 1.165) is 0 Å². The Morgan fingerprint density at radius 2 is 1.47 bits per heavy atom. The largest absolute Gasteiger partial charge is 0.507 e. The lowest BCUT2D eigenvalue weighted by molar-refractivity contribution is -0.135. The van der Waals surface area contributed by atoms with Crippen molar-refractivity contribution in [2.24, 2.45) is 0 Å². The van der Waals surface area contributed by atoms with Crippen molar-refractivity contribution < 1.29 is 43.1 Å². The molecule has 1 aromatic heterocycles. The highest BCUT2D eigenvalue weighted by Gasteiger charge is 2.36. The summed E-state index contributed by atoms with van der Waals surface area (Å²) in [4.78, 5) is 25.9. The molecule has 1 atom stereocenters. The summed E-state index contributed by atoms with van der Waals surface area (Å²) in [7, 11) is 5.88. The summed E-state index contributed by atoms with van der Waals surface area (Å²) in [6, 6.07) is 10.3. The van der Waals surface area contributed by atoms with Crippen molar-refractivity contribution in [3.63, 3.8) is 0 Å². The Hall–Kier alpha value is -4.86. The Kier molecular flexibility index (Phi) is 6.23. The number of ether oxygens (including phenoxy) is 5. The van der Waals surface area contributed by atoms with Crippen LogP contribution >= 0.6 is 0 Å². The van der Waals surface area contributed by atoms with E-state index in [1.807, 2.05) is 0 Å². The van der Waals surface area contributed by atoms with Gasteiger partial charge < -0.3 is 38.3 Å². The second kappa shape index (κ2) is 9.55. The van der Waals surface area contributed by atoms with Crippen molar-refractivity contribution in [3.05, 3.63) is 63.8 Å². The summed E-state index contributed by atoms with van der Waals surface area (Å²) in [6.45, 7) is 0. The van der Waals surface area contributed by atoms with Crippen LogP contribution in [-0.2, 0) is 4.79 Å². The molecule has 0 fully saturated rings. The Bertz CT molecular complexity index is 1640. The van der Waals surface area contributed by atoms with Crippen molar-refractivity contribution in [2.45, 2.75) is 12.3 Å². The molecule has 0 aliphatic carbocycles. The molecule has 1 aliphatic heterocycles. The number of carbonyl (C=O) groups is 1. The van der Waals surface area contributed by atoms with E-state index >= 15 is 0 Å². The van der Waals surface area contributed by atoms with Crippen LogP contribution in [0.5, 0.6) is 40.2 Å². The fourth-order valence-corrected chi connectivity index (χ4v) is 4.74. The maximum atomic E-state index is 13.2. The number of phenolic OH excluding ortho intramolecular Hbond substituents is 2. The molecule has 4 aromatic rings. The number of methoxy groups -OCH3 is 4. The van der Waals surface area contributed by atoms with Gasteiger partial charge in [0, 0.05) is 40.8 Å². The standard InChI is InChI=1S/C28H24O10/c1-33-19-6-5-13(7-16(19)29)20-10-17(30)27-18(31)11-24-26(28(27)38-20)15(9-25(32)37-24)14-8-22(35-3)23(36-4)12-21(14)34-2/h5-8,10-12,15,29,31H,9H2,1-4H3/t15-/m1/s1. The molecule has 10 nitrogen and oxygen atoms in total. The van der Waals surface area contributed by atoms with Gasteiger partial charge in [-0.05, 0) is 24.3 Å². The lowest BCUT2D eigenvalue weighted by Crippen LogP contribution is -2.22. The van der Waals surface area contributed by atoms with E-state index in [9.17, 15) is 19.8 Å². The van der Waals surface area contributed by atoms with Gasteiger partial charge in [0.2, 0.25) is 0 Å². The zero-order chi connectivity index (χ0) is 27.1. The molecule has 38 heavy (non-hydrogen) atoms. The van der Waals surface area contributed by atoms with Crippen LogP contribution in [0.25, 0.3) is 22.3 Å². The topological polar surface area (TPSA) is 134 Å². The zero-order valence-electron chi connectivity index (χ0n) is 21.0. The predicted octanol–water partition coefficient (Wildman–Crippen LogP) is 4.35. The van der Waals surface area contributed by atoms with Crippen molar-refractivity contribution >= 4 is 16.9 Å². The fraction of sp³-hybridized carbons (Fsp3) is 0.214. The minimum absolute atomic E-state index is 0.0344. The number of carbonyl (C=O) groups excluding carboxylic acids is 1. The number of aromatic hydroxyl groups is 2. The first-order chi connectivity index (χ1) is 18.3. The molecule has 2 N–H and O–H groups in total. The van der Waals surface area contributed by atoms with E-state index in [1.54, 1.807) is 18.2 Å². The van der Waals surface area contributed by atoms with Crippen LogP contribution in [0.4, 0.5) is 0 Å². The van der Waals surface area contributed by atoms with E-state index in [-0.39, 0.29) is 40.4 Å². The normalized spacial score (nSPS) is 14.5. The minimum atomic E-state index is -0.688. The fourth-order valence-electron chi connectivity index (χ4n) is 4.74. The molecular weight excluding hydrogens is 496 g/mol. The SMILES string of the molecule is COc1ccc(-c2cc(=O)c3c(O)cc4c(c3o2)[C@@H](c2cc(OC)c(OC)cc2OC)CC(=O)O4)cc1O. The quantitative estimate of drug-likeness (QED) is 0.279. The first-order valence-corrected chi connectivity index (χ1v) is 11.5. The molecule has 3 aromatic carbocycles. The first-order valence-electron chi connectivity index (χ1n) is 11.5.